The Labute approximate surface area is 248 Å². The molecule has 2 N–H and O–H groups in total. The van der Waals surface area contributed by atoms with Gasteiger partial charge in [-0.1, -0.05) is 11.3 Å². The number of piperidine rings is 1. The van der Waals surface area contributed by atoms with E-state index in [1.807, 2.05) is 4.90 Å². The fourth-order valence-electron chi connectivity index (χ4n) is 5.55. The summed E-state index contributed by atoms with van der Waals surface area (Å²) in [5.41, 5.74) is 1.09. The number of carbonyl (C=O) groups is 2. The number of carboxylic acid groups (broad SMARTS) is 1. The quantitative estimate of drug-likeness (QED) is 0.329. The van der Waals surface area contributed by atoms with Gasteiger partial charge in [0.1, 0.15) is 17.6 Å². The van der Waals surface area contributed by atoms with Gasteiger partial charge in [0.2, 0.25) is 0 Å². The Morgan fingerprint density at radius 1 is 1.14 bits per heavy atom. The van der Waals surface area contributed by atoms with Gasteiger partial charge in [0.05, 0.1) is 31.1 Å². The predicted molar refractivity (Wildman–Crippen MR) is 151 cm³/mol. The number of rotatable bonds is 8. The third-order valence-electron chi connectivity index (χ3n) is 7.75. The molecule has 0 radical (unpaired) electrons. The molecule has 0 aliphatic carbocycles. The van der Waals surface area contributed by atoms with Crippen molar-refractivity contribution in [3.63, 3.8) is 0 Å². The number of ether oxygens (including phenoxy) is 1. The van der Waals surface area contributed by atoms with E-state index in [-0.39, 0.29) is 41.8 Å². The number of carboxylic acids is 1. The van der Waals surface area contributed by atoms with Crippen LogP contribution in [-0.2, 0) is 11.3 Å². The van der Waals surface area contributed by atoms with Crippen LogP contribution in [-0.4, -0.2) is 75.8 Å². The highest BCUT2D eigenvalue weighted by molar-refractivity contribution is 7.16. The number of likely N-dealkylation sites (tertiary alicyclic amines) is 1. The van der Waals surface area contributed by atoms with Crippen LogP contribution in [0.1, 0.15) is 46.6 Å². The van der Waals surface area contributed by atoms with E-state index in [1.54, 1.807) is 13.0 Å². The van der Waals surface area contributed by atoms with E-state index < -0.39 is 35.8 Å². The zero-order valence-corrected chi connectivity index (χ0v) is 24.3. The molecule has 1 aromatic carbocycles. The average Bonchev–Trinajstić information content (AvgIpc) is 3.60. The van der Waals surface area contributed by atoms with Crippen molar-refractivity contribution >= 4 is 34.2 Å². The van der Waals surface area contributed by atoms with E-state index in [2.05, 4.69) is 20.3 Å². The largest absolute Gasteiger partial charge is 0.493 e. The maximum Gasteiger partial charge on any atom is 0.404 e. The number of aryl methyl sites for hydroxylation is 1. The van der Waals surface area contributed by atoms with Crippen LogP contribution < -0.4 is 15.0 Å². The molecule has 4 heterocycles. The molecule has 0 spiro atoms. The van der Waals surface area contributed by atoms with E-state index >= 15 is 0 Å². The molecule has 1 amide bonds. The molecular weight excluding hydrogens is 592 g/mol. The fourth-order valence-corrected chi connectivity index (χ4v) is 6.56. The molecule has 0 bridgehead atoms. The number of halogens is 4. The Morgan fingerprint density at radius 3 is 2.49 bits per heavy atom. The van der Waals surface area contributed by atoms with Gasteiger partial charge in [-0.25, -0.2) is 19.3 Å². The summed E-state index contributed by atoms with van der Waals surface area (Å²) in [6.07, 6.45) is -0.322. The first kappa shape index (κ1) is 30.6. The van der Waals surface area contributed by atoms with Gasteiger partial charge in [0.25, 0.3) is 5.91 Å². The molecule has 43 heavy (non-hydrogen) atoms. The summed E-state index contributed by atoms with van der Waals surface area (Å²) in [6, 6.07) is 1.25. The highest BCUT2D eigenvalue weighted by Gasteiger charge is 2.46. The Hall–Kier alpha value is -3.85. The van der Waals surface area contributed by atoms with Crippen LogP contribution in [0.2, 0.25) is 0 Å². The molecule has 1 atom stereocenters. The van der Waals surface area contributed by atoms with Crippen LogP contribution >= 0.6 is 11.3 Å². The van der Waals surface area contributed by atoms with E-state index in [1.165, 1.54) is 30.5 Å². The van der Waals surface area contributed by atoms with Crippen LogP contribution in [0.15, 0.2) is 24.5 Å². The minimum Gasteiger partial charge on any atom is -0.493 e. The van der Waals surface area contributed by atoms with Gasteiger partial charge in [0, 0.05) is 30.1 Å². The second-order valence-electron chi connectivity index (χ2n) is 10.6. The third-order valence-corrected chi connectivity index (χ3v) is 8.71. The summed E-state index contributed by atoms with van der Waals surface area (Å²) in [6.45, 7) is 2.82. The number of hydrogen-bond donors (Lipinski definition) is 2. The molecular formula is C28H30F4N6O4S. The van der Waals surface area contributed by atoms with Crippen LogP contribution in [0.25, 0.3) is 11.3 Å². The number of nitrogens with one attached hydrogen (secondary N) is 1. The first-order valence-electron chi connectivity index (χ1n) is 13.7. The number of nitrogens with zero attached hydrogens (tertiary/aromatic N) is 5. The Morgan fingerprint density at radius 2 is 1.88 bits per heavy atom. The third kappa shape index (κ3) is 6.72. The number of alkyl halides is 3. The van der Waals surface area contributed by atoms with Crippen molar-refractivity contribution in [2.45, 2.75) is 51.4 Å². The lowest BCUT2D eigenvalue weighted by atomic mass is 9.97. The monoisotopic (exact) mass is 622 g/mol. The first-order valence-corrected chi connectivity index (χ1v) is 14.5. The number of methoxy groups -OCH3 is 1. The summed E-state index contributed by atoms with van der Waals surface area (Å²) >= 11 is 1.02. The molecule has 1 unspecified atom stereocenters. The SMILES string of the molecule is COc1c(C)cc(-c2nc(NC(=O)c3cnc(N4CCC(C(=O)O)CC4)cn3)sc2CN2CCCC2C(F)(F)F)cc1F. The maximum atomic E-state index is 14.8. The molecule has 230 valence electrons. The first-order chi connectivity index (χ1) is 20.4. The van der Waals surface area contributed by atoms with Gasteiger partial charge >= 0.3 is 12.1 Å². The molecule has 10 nitrogen and oxygen atoms in total. The zero-order chi connectivity index (χ0) is 30.9. The zero-order valence-electron chi connectivity index (χ0n) is 23.4. The van der Waals surface area contributed by atoms with Crippen molar-refractivity contribution in [1.29, 1.82) is 0 Å². The summed E-state index contributed by atoms with van der Waals surface area (Å²) in [5.74, 6) is -1.91. The number of anilines is 2. The Bertz CT molecular complexity index is 1470. The lowest BCUT2D eigenvalue weighted by Crippen LogP contribution is -2.40. The number of carbonyl (C=O) groups excluding carboxylic acids is 1. The number of benzene rings is 1. The molecule has 2 fully saturated rings. The van der Waals surface area contributed by atoms with Crippen LogP contribution in [0.5, 0.6) is 5.75 Å². The topological polar surface area (TPSA) is 121 Å². The van der Waals surface area contributed by atoms with Crippen LogP contribution in [0.4, 0.5) is 28.5 Å². The highest BCUT2D eigenvalue weighted by Crippen LogP contribution is 2.39. The summed E-state index contributed by atoms with van der Waals surface area (Å²) in [4.78, 5) is 40.9. The van der Waals surface area contributed by atoms with Gasteiger partial charge in [-0.3, -0.25) is 19.8 Å². The normalized spacial score (nSPS) is 18.2. The molecule has 2 aliphatic heterocycles. The molecule has 2 saturated heterocycles. The molecule has 0 saturated carbocycles. The van der Waals surface area contributed by atoms with Crippen LogP contribution in [0.3, 0.4) is 0 Å². The smallest absolute Gasteiger partial charge is 0.404 e. The van der Waals surface area contributed by atoms with Gasteiger partial charge in [-0.15, -0.1) is 0 Å². The number of aromatic nitrogens is 3. The van der Waals surface area contributed by atoms with Gasteiger partial charge < -0.3 is 14.7 Å². The average molecular weight is 623 g/mol. The Kier molecular flexibility index (Phi) is 8.83. The predicted octanol–water partition coefficient (Wildman–Crippen LogP) is 5.14. The van der Waals surface area contributed by atoms with E-state index in [4.69, 9.17) is 4.74 Å². The molecule has 15 heteroatoms. The lowest BCUT2D eigenvalue weighted by Gasteiger charge is -2.30. The molecule has 2 aliphatic rings. The standard InChI is InChI=1S/C28H30F4N6O4S/c1-15-10-17(11-18(29)24(15)42-2)23-20(14-38-7-3-4-21(38)28(30,31)32)43-27(35-23)36-25(39)19-12-34-22(13-33-19)37-8-5-16(6-9-37)26(40)41/h10-13,16,21H,3-9,14H2,1-2H3,(H,40,41)(H,35,36,39). The maximum absolute atomic E-state index is 14.8. The molecule has 3 aromatic rings. The van der Waals surface area contributed by atoms with Crippen molar-refractivity contribution in [1.82, 2.24) is 19.9 Å². The van der Waals surface area contributed by atoms with Crippen molar-refractivity contribution in [3.05, 3.63) is 46.5 Å². The minimum absolute atomic E-state index is 0.00881. The van der Waals surface area contributed by atoms with Crippen molar-refractivity contribution in [3.8, 4) is 17.0 Å². The molecule has 2 aromatic heterocycles. The number of aliphatic carboxylic acids is 1. The van der Waals surface area contributed by atoms with E-state index in [0.717, 1.165) is 11.3 Å². The van der Waals surface area contributed by atoms with E-state index in [0.29, 0.717) is 54.2 Å². The summed E-state index contributed by atoms with van der Waals surface area (Å²) < 4.78 is 60.9. The Balaban J connectivity index is 1.37. The fraction of sp³-hybridized carbons (Fsp3) is 0.464. The summed E-state index contributed by atoms with van der Waals surface area (Å²) in [7, 11) is 1.34. The van der Waals surface area contributed by atoms with Crippen LogP contribution in [0, 0.1) is 18.7 Å². The second kappa shape index (κ2) is 12.4. The minimum atomic E-state index is -4.39. The van der Waals surface area contributed by atoms with Crippen molar-refractivity contribution < 1.29 is 37.0 Å². The summed E-state index contributed by atoms with van der Waals surface area (Å²) in [5, 5.41) is 12.0. The van der Waals surface area contributed by atoms with Crippen molar-refractivity contribution in [2.75, 3.05) is 37.0 Å². The van der Waals surface area contributed by atoms with E-state index in [9.17, 15) is 32.3 Å². The molecule has 5 rings (SSSR count). The highest BCUT2D eigenvalue weighted by atomic mass is 32.1. The lowest BCUT2D eigenvalue weighted by molar-refractivity contribution is -0.177. The number of amides is 1. The van der Waals surface area contributed by atoms with Crippen molar-refractivity contribution in [2.24, 2.45) is 5.92 Å². The van der Waals surface area contributed by atoms with Gasteiger partial charge in [-0.05, 0) is 56.8 Å². The number of hydrogen-bond acceptors (Lipinski definition) is 9. The number of thiazole rings is 1. The second-order valence-corrected chi connectivity index (χ2v) is 11.7. The van der Waals surface area contributed by atoms with Gasteiger partial charge in [-0.2, -0.15) is 13.2 Å². The van der Waals surface area contributed by atoms with Gasteiger partial charge in [0.15, 0.2) is 16.7 Å².